The van der Waals surface area contributed by atoms with Crippen LogP contribution in [0.1, 0.15) is 18.4 Å². The highest BCUT2D eigenvalue weighted by atomic mass is 16.6. The van der Waals surface area contributed by atoms with Crippen molar-refractivity contribution >= 4 is 5.97 Å². The number of hydrogen-bond donors (Lipinski definition) is 2. The molecular weight excluding hydrogens is 236 g/mol. The van der Waals surface area contributed by atoms with Crippen molar-refractivity contribution in [2.24, 2.45) is 0 Å². The van der Waals surface area contributed by atoms with Crippen molar-refractivity contribution < 1.29 is 24.5 Å². The summed E-state index contributed by atoms with van der Waals surface area (Å²) in [6.07, 6.45) is 0.285. The largest absolute Gasteiger partial charge is 0.491 e. The van der Waals surface area contributed by atoms with E-state index in [1.165, 1.54) is 0 Å². The van der Waals surface area contributed by atoms with E-state index >= 15 is 0 Å². The number of ether oxygens (including phenoxy) is 2. The normalized spacial score (nSPS) is 22.9. The first-order valence-electron chi connectivity index (χ1n) is 5.90. The fourth-order valence-electron chi connectivity index (χ4n) is 1.97. The van der Waals surface area contributed by atoms with Crippen LogP contribution in [0, 0.1) is 0 Å². The van der Waals surface area contributed by atoms with Gasteiger partial charge in [-0.2, -0.15) is 0 Å². The molecule has 0 bridgehead atoms. The molecule has 1 aromatic carbocycles. The van der Waals surface area contributed by atoms with Crippen molar-refractivity contribution in [2.75, 3.05) is 6.61 Å². The maximum absolute atomic E-state index is 10.7. The Morgan fingerprint density at radius 3 is 2.83 bits per heavy atom. The molecule has 0 aliphatic carbocycles. The number of rotatable bonds is 5. The summed E-state index contributed by atoms with van der Waals surface area (Å²) in [4.78, 5) is 10.7. The molecular formula is C13H16O5. The lowest BCUT2D eigenvalue weighted by molar-refractivity contribution is -0.149. The molecule has 1 heterocycles. The summed E-state index contributed by atoms with van der Waals surface area (Å²) in [5.74, 6) is -0.310. The molecule has 1 aliphatic rings. The van der Waals surface area contributed by atoms with E-state index < -0.39 is 12.1 Å². The van der Waals surface area contributed by atoms with Gasteiger partial charge in [-0.05, 0) is 18.9 Å². The molecule has 2 N–H and O–H groups in total. The molecule has 2 atom stereocenters. The Hall–Kier alpha value is -1.59. The Kier molecular flexibility index (Phi) is 4.17. The number of carboxylic acid groups (broad SMARTS) is 1. The van der Waals surface area contributed by atoms with Crippen molar-refractivity contribution in [3.63, 3.8) is 0 Å². The molecule has 2 rings (SSSR count). The fraction of sp³-hybridized carbons (Fsp3) is 0.462. The van der Waals surface area contributed by atoms with Gasteiger partial charge < -0.3 is 19.7 Å². The van der Waals surface area contributed by atoms with Gasteiger partial charge in [-0.3, -0.25) is 0 Å². The van der Waals surface area contributed by atoms with E-state index in [2.05, 4.69) is 0 Å². The zero-order chi connectivity index (χ0) is 13.0. The number of benzene rings is 1. The second kappa shape index (κ2) is 5.84. The third-order valence-corrected chi connectivity index (χ3v) is 2.95. The molecule has 0 radical (unpaired) electrons. The minimum absolute atomic E-state index is 0.0839. The molecule has 2 unspecified atom stereocenters. The Labute approximate surface area is 105 Å². The van der Waals surface area contributed by atoms with Crippen molar-refractivity contribution in [1.82, 2.24) is 0 Å². The van der Waals surface area contributed by atoms with Gasteiger partial charge in [0.1, 0.15) is 12.4 Å². The molecule has 5 heteroatoms. The van der Waals surface area contributed by atoms with Crippen molar-refractivity contribution in [2.45, 2.75) is 31.7 Å². The zero-order valence-electron chi connectivity index (χ0n) is 9.91. The van der Waals surface area contributed by atoms with Gasteiger partial charge in [-0.1, -0.05) is 18.2 Å². The minimum Gasteiger partial charge on any atom is -0.491 e. The average molecular weight is 252 g/mol. The minimum atomic E-state index is -0.923. The Morgan fingerprint density at radius 2 is 2.17 bits per heavy atom. The maximum Gasteiger partial charge on any atom is 0.332 e. The molecule has 0 saturated carbocycles. The zero-order valence-corrected chi connectivity index (χ0v) is 9.91. The monoisotopic (exact) mass is 252 g/mol. The fourth-order valence-corrected chi connectivity index (χ4v) is 1.97. The topological polar surface area (TPSA) is 76.0 Å². The van der Waals surface area contributed by atoms with Crippen LogP contribution >= 0.6 is 0 Å². The third kappa shape index (κ3) is 3.00. The van der Waals surface area contributed by atoms with Gasteiger partial charge in [0.05, 0.1) is 12.7 Å². The predicted octanol–water partition coefficient (Wildman–Crippen LogP) is 1.19. The molecule has 98 valence electrons. The number of carbonyl (C=O) groups is 1. The van der Waals surface area contributed by atoms with Crippen LogP contribution in [-0.4, -0.2) is 35.0 Å². The van der Waals surface area contributed by atoms with E-state index in [1.54, 1.807) is 12.1 Å². The van der Waals surface area contributed by atoms with Crippen molar-refractivity contribution in [3.8, 4) is 5.75 Å². The van der Waals surface area contributed by atoms with Crippen LogP contribution in [0.5, 0.6) is 5.75 Å². The van der Waals surface area contributed by atoms with Crippen LogP contribution < -0.4 is 4.74 Å². The van der Waals surface area contributed by atoms with Crippen LogP contribution in [-0.2, 0) is 16.1 Å². The van der Waals surface area contributed by atoms with E-state index in [0.29, 0.717) is 30.8 Å². The van der Waals surface area contributed by atoms with Gasteiger partial charge in [0, 0.05) is 5.56 Å². The number of hydrogen-bond acceptors (Lipinski definition) is 4. The van der Waals surface area contributed by atoms with E-state index in [1.807, 2.05) is 12.1 Å². The van der Waals surface area contributed by atoms with E-state index in [-0.39, 0.29) is 12.7 Å². The Morgan fingerprint density at radius 1 is 1.39 bits per heavy atom. The van der Waals surface area contributed by atoms with Crippen LogP contribution in [0.3, 0.4) is 0 Å². The number of aliphatic carboxylic acids is 1. The van der Waals surface area contributed by atoms with Crippen LogP contribution in [0.4, 0.5) is 0 Å². The van der Waals surface area contributed by atoms with Gasteiger partial charge in [-0.25, -0.2) is 4.79 Å². The van der Waals surface area contributed by atoms with Gasteiger partial charge >= 0.3 is 5.97 Å². The van der Waals surface area contributed by atoms with Gasteiger partial charge in [0.15, 0.2) is 6.10 Å². The van der Waals surface area contributed by atoms with E-state index in [0.717, 1.165) is 0 Å². The molecule has 1 fully saturated rings. The lowest BCUT2D eigenvalue weighted by atomic mass is 10.2. The highest BCUT2D eigenvalue weighted by Gasteiger charge is 2.30. The first-order chi connectivity index (χ1) is 8.70. The standard InChI is InChI=1S/C13H16O5/c14-7-9-3-1-2-4-11(9)17-8-10-5-6-12(18-10)13(15)16/h1-4,10,12,14H,5-8H2,(H,15,16). The average Bonchev–Trinajstić information content (AvgIpc) is 2.85. The quantitative estimate of drug-likeness (QED) is 0.823. The number of aliphatic hydroxyl groups is 1. The Balaban J connectivity index is 1.87. The number of aliphatic hydroxyl groups excluding tert-OH is 1. The summed E-state index contributed by atoms with van der Waals surface area (Å²) in [6, 6.07) is 7.20. The highest BCUT2D eigenvalue weighted by Crippen LogP contribution is 2.23. The van der Waals surface area contributed by atoms with Gasteiger partial charge in [0.2, 0.25) is 0 Å². The highest BCUT2D eigenvalue weighted by molar-refractivity contribution is 5.72. The molecule has 5 nitrogen and oxygen atoms in total. The van der Waals surface area contributed by atoms with Crippen molar-refractivity contribution in [3.05, 3.63) is 29.8 Å². The first-order valence-corrected chi connectivity index (χ1v) is 5.90. The number of carboxylic acids is 1. The maximum atomic E-state index is 10.7. The van der Waals surface area contributed by atoms with Crippen LogP contribution in [0.2, 0.25) is 0 Å². The second-order valence-corrected chi connectivity index (χ2v) is 4.24. The summed E-state index contributed by atoms with van der Waals surface area (Å²) in [5.41, 5.74) is 0.713. The predicted molar refractivity (Wildman–Crippen MR) is 63.4 cm³/mol. The molecule has 1 aromatic rings. The lowest BCUT2D eigenvalue weighted by Gasteiger charge is -2.14. The van der Waals surface area contributed by atoms with Crippen molar-refractivity contribution in [1.29, 1.82) is 0 Å². The van der Waals surface area contributed by atoms with Gasteiger partial charge in [-0.15, -0.1) is 0 Å². The third-order valence-electron chi connectivity index (χ3n) is 2.95. The molecule has 0 amide bonds. The van der Waals surface area contributed by atoms with Crippen LogP contribution in [0.25, 0.3) is 0 Å². The molecule has 18 heavy (non-hydrogen) atoms. The molecule has 1 aliphatic heterocycles. The summed E-state index contributed by atoms with van der Waals surface area (Å²) < 4.78 is 10.9. The number of para-hydroxylation sites is 1. The lowest BCUT2D eigenvalue weighted by Crippen LogP contribution is -2.23. The van der Waals surface area contributed by atoms with Crippen LogP contribution in [0.15, 0.2) is 24.3 Å². The SMILES string of the molecule is O=C(O)C1CCC(COc2ccccc2CO)O1. The van der Waals surface area contributed by atoms with E-state index in [4.69, 9.17) is 19.7 Å². The van der Waals surface area contributed by atoms with Gasteiger partial charge in [0.25, 0.3) is 0 Å². The molecule has 0 spiro atoms. The first kappa shape index (κ1) is 12.9. The summed E-state index contributed by atoms with van der Waals surface area (Å²) in [7, 11) is 0. The summed E-state index contributed by atoms with van der Waals surface area (Å²) in [6.45, 7) is 0.222. The smallest absolute Gasteiger partial charge is 0.332 e. The Bertz CT molecular complexity index is 418. The second-order valence-electron chi connectivity index (χ2n) is 4.24. The van der Waals surface area contributed by atoms with E-state index in [9.17, 15) is 4.79 Å². The molecule has 1 saturated heterocycles. The summed E-state index contributed by atoms with van der Waals surface area (Å²) in [5, 5.41) is 17.9. The summed E-state index contributed by atoms with van der Waals surface area (Å²) >= 11 is 0. The molecule has 0 aromatic heterocycles.